The van der Waals surface area contributed by atoms with E-state index in [0.717, 1.165) is 0 Å². The van der Waals surface area contributed by atoms with Crippen molar-refractivity contribution in [2.45, 2.75) is 13.0 Å². The van der Waals surface area contributed by atoms with Crippen LogP contribution in [0.4, 0.5) is 0 Å². The lowest BCUT2D eigenvalue weighted by molar-refractivity contribution is -0.139. The molecule has 6 nitrogen and oxygen atoms in total. The fourth-order valence-electron chi connectivity index (χ4n) is 0.398. The van der Waals surface area contributed by atoms with E-state index in [0.29, 0.717) is 0 Å². The summed E-state index contributed by atoms with van der Waals surface area (Å²) in [7, 11) is 1.64. The maximum absolute atomic E-state index is 10.9. The van der Waals surface area contributed by atoms with E-state index in [2.05, 4.69) is 15.6 Å². The Morgan fingerprint density at radius 3 is 2.58 bits per heavy atom. The second kappa shape index (κ2) is 5.50. The predicted octanol–water partition coefficient (Wildman–Crippen LogP) is -1.87. The highest BCUT2D eigenvalue weighted by molar-refractivity contribution is 5.80. The highest BCUT2D eigenvalue weighted by Gasteiger charge is 2.09. The molecule has 0 aromatic rings. The van der Waals surface area contributed by atoms with Gasteiger partial charge in [0, 0.05) is 0 Å². The summed E-state index contributed by atoms with van der Waals surface area (Å²) in [6.07, 6.45) is 0. The summed E-state index contributed by atoms with van der Waals surface area (Å²) in [5, 5.41) is 2.69. The maximum Gasteiger partial charge on any atom is 0.260 e. The monoisotopic (exact) mass is 175 g/mol. The van der Waals surface area contributed by atoms with Gasteiger partial charge in [0.15, 0.2) is 6.61 Å². The fourth-order valence-corrected chi connectivity index (χ4v) is 0.398. The molecule has 0 heterocycles. The minimum absolute atomic E-state index is 0.317. The van der Waals surface area contributed by atoms with E-state index in [1.54, 1.807) is 14.0 Å². The molecule has 0 saturated heterocycles. The van der Waals surface area contributed by atoms with E-state index in [1.165, 1.54) is 0 Å². The topological polar surface area (TPSA) is 93.4 Å². The van der Waals surface area contributed by atoms with E-state index in [9.17, 15) is 9.59 Å². The number of primary amides is 1. The molecule has 1 unspecified atom stereocenters. The molecule has 0 aromatic carbocycles. The summed E-state index contributed by atoms with van der Waals surface area (Å²) in [6, 6.07) is -0.363. The molecule has 0 spiro atoms. The number of carbonyl (C=O) groups excluding carboxylic acids is 2. The van der Waals surface area contributed by atoms with Crippen LogP contribution in [0.25, 0.3) is 0 Å². The van der Waals surface area contributed by atoms with Crippen LogP contribution in [0.15, 0.2) is 0 Å². The van der Waals surface area contributed by atoms with Crippen molar-refractivity contribution in [2.24, 2.45) is 5.73 Å². The minimum Gasteiger partial charge on any atom is -0.368 e. The van der Waals surface area contributed by atoms with Gasteiger partial charge in [0.2, 0.25) is 5.91 Å². The molecular weight excluding hydrogens is 162 g/mol. The number of amides is 2. The number of nitrogens with one attached hydrogen (secondary N) is 2. The van der Waals surface area contributed by atoms with Gasteiger partial charge in [0.05, 0.1) is 6.04 Å². The van der Waals surface area contributed by atoms with Crippen LogP contribution in [0.1, 0.15) is 6.92 Å². The SMILES string of the molecule is CNC(C)C(=O)NOCC(N)=O. The molecule has 12 heavy (non-hydrogen) atoms. The van der Waals surface area contributed by atoms with Crippen molar-refractivity contribution in [3.05, 3.63) is 0 Å². The standard InChI is InChI=1S/C6H13N3O3/c1-4(8-2)6(11)9-12-3-5(7)10/h4,8H,3H2,1-2H3,(H2,7,10)(H,9,11). The lowest BCUT2D eigenvalue weighted by atomic mass is 10.3. The Morgan fingerprint density at radius 2 is 2.17 bits per heavy atom. The Balaban J connectivity index is 3.50. The van der Waals surface area contributed by atoms with Crippen LogP contribution in [0.2, 0.25) is 0 Å². The highest BCUT2D eigenvalue weighted by Crippen LogP contribution is 1.78. The number of carbonyl (C=O) groups is 2. The summed E-state index contributed by atoms with van der Waals surface area (Å²) in [5.74, 6) is -0.980. The van der Waals surface area contributed by atoms with Crippen LogP contribution in [0.3, 0.4) is 0 Å². The van der Waals surface area contributed by atoms with Gasteiger partial charge >= 0.3 is 0 Å². The quantitative estimate of drug-likeness (QED) is 0.427. The van der Waals surface area contributed by atoms with Gasteiger partial charge in [0.25, 0.3) is 5.91 Å². The van der Waals surface area contributed by atoms with Crippen LogP contribution in [-0.2, 0) is 14.4 Å². The van der Waals surface area contributed by atoms with Gasteiger partial charge in [-0.15, -0.1) is 0 Å². The first-order chi connectivity index (χ1) is 5.57. The number of hydrogen-bond donors (Lipinski definition) is 3. The zero-order valence-corrected chi connectivity index (χ0v) is 7.09. The normalized spacial score (nSPS) is 12.2. The van der Waals surface area contributed by atoms with E-state index in [-0.39, 0.29) is 18.6 Å². The van der Waals surface area contributed by atoms with Crippen LogP contribution in [0, 0.1) is 0 Å². The van der Waals surface area contributed by atoms with E-state index < -0.39 is 5.91 Å². The molecule has 4 N–H and O–H groups in total. The van der Waals surface area contributed by atoms with Gasteiger partial charge in [0.1, 0.15) is 0 Å². The fraction of sp³-hybridized carbons (Fsp3) is 0.667. The lowest BCUT2D eigenvalue weighted by Gasteiger charge is -2.09. The molecule has 0 bridgehead atoms. The van der Waals surface area contributed by atoms with Crippen molar-refractivity contribution in [1.29, 1.82) is 0 Å². The molecule has 0 radical (unpaired) electrons. The van der Waals surface area contributed by atoms with Gasteiger partial charge in [-0.25, -0.2) is 5.48 Å². The molecule has 0 fully saturated rings. The van der Waals surface area contributed by atoms with E-state index in [4.69, 9.17) is 5.73 Å². The molecule has 0 rings (SSSR count). The van der Waals surface area contributed by atoms with Gasteiger partial charge in [-0.3, -0.25) is 14.4 Å². The van der Waals surface area contributed by atoms with Crippen LogP contribution in [0.5, 0.6) is 0 Å². The first kappa shape index (κ1) is 10.9. The molecule has 0 aliphatic heterocycles. The van der Waals surface area contributed by atoms with Crippen molar-refractivity contribution < 1.29 is 14.4 Å². The summed E-state index contributed by atoms with van der Waals surface area (Å²) in [4.78, 5) is 25.5. The second-order valence-corrected chi connectivity index (χ2v) is 2.23. The van der Waals surface area contributed by atoms with Crippen LogP contribution in [-0.4, -0.2) is 31.5 Å². The molecule has 2 amide bonds. The molecule has 70 valence electrons. The molecule has 6 heteroatoms. The van der Waals surface area contributed by atoms with Crippen LogP contribution >= 0.6 is 0 Å². The Kier molecular flexibility index (Phi) is 4.98. The summed E-state index contributed by atoms with van der Waals surface area (Å²) >= 11 is 0. The third-order valence-electron chi connectivity index (χ3n) is 1.21. The largest absolute Gasteiger partial charge is 0.368 e. The Hall–Kier alpha value is -1.14. The van der Waals surface area contributed by atoms with Gasteiger partial charge in [-0.1, -0.05) is 0 Å². The number of hydrogen-bond acceptors (Lipinski definition) is 4. The first-order valence-corrected chi connectivity index (χ1v) is 3.45. The molecule has 0 aliphatic carbocycles. The Labute approximate surface area is 70.4 Å². The zero-order valence-electron chi connectivity index (χ0n) is 7.09. The van der Waals surface area contributed by atoms with Crippen molar-refractivity contribution in [2.75, 3.05) is 13.7 Å². The van der Waals surface area contributed by atoms with Crippen molar-refractivity contribution in [3.8, 4) is 0 Å². The number of nitrogens with two attached hydrogens (primary N) is 1. The molecule has 0 aromatic heterocycles. The summed E-state index contributed by atoms with van der Waals surface area (Å²) < 4.78 is 0. The third-order valence-corrected chi connectivity index (χ3v) is 1.21. The minimum atomic E-state index is -0.632. The average Bonchev–Trinajstić information content (AvgIpc) is 2.02. The van der Waals surface area contributed by atoms with Gasteiger partial charge < -0.3 is 11.1 Å². The Morgan fingerprint density at radius 1 is 1.58 bits per heavy atom. The number of hydroxylamine groups is 1. The summed E-state index contributed by atoms with van der Waals surface area (Å²) in [6.45, 7) is 1.34. The van der Waals surface area contributed by atoms with Gasteiger partial charge in [-0.2, -0.15) is 0 Å². The van der Waals surface area contributed by atoms with Gasteiger partial charge in [-0.05, 0) is 14.0 Å². The van der Waals surface area contributed by atoms with Crippen molar-refractivity contribution >= 4 is 11.8 Å². The maximum atomic E-state index is 10.9. The van der Waals surface area contributed by atoms with Crippen molar-refractivity contribution in [3.63, 3.8) is 0 Å². The lowest BCUT2D eigenvalue weighted by Crippen LogP contribution is -2.41. The molecule has 1 atom stereocenters. The third kappa shape index (κ3) is 4.64. The highest BCUT2D eigenvalue weighted by atomic mass is 16.7. The second-order valence-electron chi connectivity index (χ2n) is 2.23. The zero-order chi connectivity index (χ0) is 9.56. The Bertz CT molecular complexity index is 171. The average molecular weight is 175 g/mol. The summed E-state index contributed by atoms with van der Waals surface area (Å²) in [5.41, 5.74) is 6.82. The predicted molar refractivity (Wildman–Crippen MR) is 41.8 cm³/mol. The van der Waals surface area contributed by atoms with Crippen LogP contribution < -0.4 is 16.5 Å². The smallest absolute Gasteiger partial charge is 0.260 e. The van der Waals surface area contributed by atoms with E-state index in [1.807, 2.05) is 0 Å². The molecular formula is C6H13N3O3. The first-order valence-electron chi connectivity index (χ1n) is 3.45. The van der Waals surface area contributed by atoms with E-state index >= 15 is 0 Å². The number of rotatable bonds is 5. The van der Waals surface area contributed by atoms with Crippen molar-refractivity contribution in [1.82, 2.24) is 10.8 Å². The molecule has 0 saturated carbocycles. The molecule has 0 aliphatic rings. The number of likely N-dealkylation sites (N-methyl/N-ethyl adjacent to an activating group) is 1.